The van der Waals surface area contributed by atoms with Gasteiger partial charge in [-0.25, -0.2) is 0 Å². The molecule has 0 aliphatic carbocycles. The first kappa shape index (κ1) is 20.2. The molecule has 27 heavy (non-hydrogen) atoms. The molecule has 2 aliphatic rings. The van der Waals surface area contributed by atoms with E-state index < -0.39 is 0 Å². The van der Waals surface area contributed by atoms with Gasteiger partial charge in [0.15, 0.2) is 16.6 Å². The molecule has 6 heteroatoms. The van der Waals surface area contributed by atoms with E-state index in [2.05, 4.69) is 57.0 Å². The van der Waals surface area contributed by atoms with Gasteiger partial charge < -0.3 is 24.6 Å². The molecule has 0 unspecified atom stereocenters. The Balaban J connectivity index is 1.47. The number of piperazine rings is 1. The lowest BCUT2D eigenvalue weighted by Crippen LogP contribution is -3.13. The zero-order valence-electron chi connectivity index (χ0n) is 17.4. The molecule has 0 radical (unpaired) electrons. The predicted molar refractivity (Wildman–Crippen MR) is 112 cm³/mol. The first-order chi connectivity index (χ1) is 12.6. The van der Waals surface area contributed by atoms with Crippen molar-refractivity contribution in [2.24, 2.45) is 5.41 Å². The summed E-state index contributed by atoms with van der Waals surface area (Å²) >= 11 is 5.71. The van der Waals surface area contributed by atoms with E-state index >= 15 is 0 Å². The average Bonchev–Trinajstić information content (AvgIpc) is 3.00. The van der Waals surface area contributed by atoms with E-state index in [9.17, 15) is 0 Å². The van der Waals surface area contributed by atoms with Crippen molar-refractivity contribution in [3.63, 3.8) is 0 Å². The number of hydrogen-bond acceptors (Lipinski definition) is 3. The van der Waals surface area contributed by atoms with E-state index in [-0.39, 0.29) is 11.0 Å². The third-order valence-corrected chi connectivity index (χ3v) is 5.43. The molecule has 5 nitrogen and oxygen atoms in total. The Morgan fingerprint density at radius 3 is 2.44 bits per heavy atom. The fraction of sp³-hybridized carbons (Fsp3) is 0.667. The minimum atomic E-state index is 0.00577. The summed E-state index contributed by atoms with van der Waals surface area (Å²) in [5.41, 5.74) is 1.58. The predicted octanol–water partition coefficient (Wildman–Crippen LogP) is 2.21. The van der Waals surface area contributed by atoms with Gasteiger partial charge in [-0.2, -0.15) is 0 Å². The van der Waals surface area contributed by atoms with Crippen LogP contribution in [-0.4, -0.2) is 48.5 Å². The van der Waals surface area contributed by atoms with Crippen molar-refractivity contribution in [1.82, 2.24) is 10.2 Å². The largest absolute Gasteiger partial charge is 0.454 e. The Hall–Kier alpha value is -1.53. The monoisotopic (exact) mass is 392 g/mol. The molecule has 0 spiro atoms. The highest BCUT2D eigenvalue weighted by atomic mass is 32.1. The Morgan fingerprint density at radius 2 is 1.78 bits per heavy atom. The highest BCUT2D eigenvalue weighted by Gasteiger charge is 2.29. The van der Waals surface area contributed by atoms with Crippen LogP contribution in [-0.2, 0) is 6.54 Å². The molecule has 0 atom stereocenters. The third kappa shape index (κ3) is 5.72. The number of benzene rings is 1. The van der Waals surface area contributed by atoms with Crippen molar-refractivity contribution >= 4 is 17.3 Å². The van der Waals surface area contributed by atoms with Crippen molar-refractivity contribution in [1.29, 1.82) is 0 Å². The van der Waals surface area contributed by atoms with Gasteiger partial charge in [-0.15, -0.1) is 0 Å². The number of rotatable bonds is 4. The molecular formula is C21H34N3O2S+. The van der Waals surface area contributed by atoms with Crippen LogP contribution in [0.3, 0.4) is 0 Å². The molecule has 0 aromatic heterocycles. The van der Waals surface area contributed by atoms with Gasteiger partial charge >= 0.3 is 0 Å². The van der Waals surface area contributed by atoms with Crippen LogP contribution in [0.15, 0.2) is 18.2 Å². The Bertz CT molecular complexity index is 676. The second-order valence-electron chi connectivity index (χ2n) is 9.65. The maximum absolute atomic E-state index is 5.71. The Morgan fingerprint density at radius 1 is 1.11 bits per heavy atom. The summed E-state index contributed by atoms with van der Waals surface area (Å²) in [6.45, 7) is 16.8. The summed E-state index contributed by atoms with van der Waals surface area (Å²) in [6.07, 6.45) is 1.08. The Kier molecular flexibility index (Phi) is 5.87. The Labute approximate surface area is 169 Å². The zero-order chi connectivity index (χ0) is 19.7. The molecule has 0 saturated carbocycles. The van der Waals surface area contributed by atoms with Crippen molar-refractivity contribution in [3.8, 4) is 11.5 Å². The van der Waals surface area contributed by atoms with Crippen LogP contribution in [0.1, 0.15) is 46.6 Å². The van der Waals surface area contributed by atoms with Gasteiger partial charge in [0.2, 0.25) is 6.79 Å². The van der Waals surface area contributed by atoms with Gasteiger partial charge in [0.1, 0.15) is 6.54 Å². The normalized spacial score (nSPS) is 17.9. The van der Waals surface area contributed by atoms with Gasteiger partial charge in [0.25, 0.3) is 0 Å². The molecule has 0 bridgehead atoms. The van der Waals surface area contributed by atoms with Crippen LogP contribution in [0.5, 0.6) is 11.5 Å². The number of ether oxygens (including phenoxy) is 2. The average molecular weight is 393 g/mol. The second kappa shape index (κ2) is 7.84. The van der Waals surface area contributed by atoms with Crippen molar-refractivity contribution in [2.75, 3.05) is 33.0 Å². The molecule has 1 saturated heterocycles. The number of fused-ring (bicyclic) bond motifs is 1. The zero-order valence-corrected chi connectivity index (χ0v) is 18.2. The summed E-state index contributed by atoms with van der Waals surface area (Å²) in [7, 11) is 0. The second-order valence-corrected chi connectivity index (χ2v) is 10.0. The molecule has 1 fully saturated rings. The van der Waals surface area contributed by atoms with Gasteiger partial charge in [0.05, 0.1) is 26.2 Å². The fourth-order valence-corrected chi connectivity index (χ4v) is 4.74. The molecule has 3 rings (SSSR count). The molecule has 2 aliphatic heterocycles. The van der Waals surface area contributed by atoms with Crippen LogP contribution >= 0.6 is 12.2 Å². The summed E-state index contributed by atoms with van der Waals surface area (Å²) in [4.78, 5) is 3.91. The van der Waals surface area contributed by atoms with E-state index in [0.29, 0.717) is 6.79 Å². The van der Waals surface area contributed by atoms with Crippen molar-refractivity contribution in [2.45, 2.75) is 53.1 Å². The summed E-state index contributed by atoms with van der Waals surface area (Å²) in [5.74, 6) is 1.73. The lowest BCUT2D eigenvalue weighted by Gasteiger charge is -2.39. The maximum atomic E-state index is 5.71. The van der Waals surface area contributed by atoms with Crippen LogP contribution in [0.2, 0.25) is 0 Å². The number of nitrogens with one attached hydrogen (secondary N) is 2. The van der Waals surface area contributed by atoms with Crippen LogP contribution < -0.4 is 19.7 Å². The number of thiocarbonyl (C=S) groups is 1. The lowest BCUT2D eigenvalue weighted by atomic mass is 9.82. The molecule has 2 N–H and O–H groups in total. The number of hydrogen-bond donors (Lipinski definition) is 2. The van der Waals surface area contributed by atoms with E-state index in [4.69, 9.17) is 21.7 Å². The molecular weight excluding hydrogens is 358 g/mol. The minimum absolute atomic E-state index is 0.00577. The summed E-state index contributed by atoms with van der Waals surface area (Å²) < 4.78 is 10.9. The first-order valence-corrected chi connectivity index (χ1v) is 10.3. The quantitative estimate of drug-likeness (QED) is 0.769. The number of nitrogens with zero attached hydrogens (tertiary/aromatic N) is 1. The SMILES string of the molecule is CC(C)(C)CC(C)(C)NC(=S)N1CC[NH+](Cc2ccc3c(c2)OCO3)CC1. The maximum Gasteiger partial charge on any atom is 0.231 e. The van der Waals surface area contributed by atoms with Gasteiger partial charge in [-0.3, -0.25) is 0 Å². The van der Waals surface area contributed by atoms with Gasteiger partial charge in [-0.1, -0.05) is 20.8 Å². The minimum Gasteiger partial charge on any atom is -0.454 e. The molecule has 150 valence electrons. The summed E-state index contributed by atoms with van der Waals surface area (Å²) in [6, 6.07) is 6.28. The molecule has 1 aromatic carbocycles. The van der Waals surface area contributed by atoms with Crippen molar-refractivity contribution < 1.29 is 14.4 Å². The highest BCUT2D eigenvalue weighted by molar-refractivity contribution is 7.80. The van der Waals surface area contributed by atoms with Gasteiger partial charge in [-0.05, 0) is 56.1 Å². The van der Waals surface area contributed by atoms with Gasteiger partial charge in [0, 0.05) is 11.1 Å². The standard InChI is InChI=1S/C21H33N3O2S/c1-20(2,3)14-21(4,5)22-19(27)24-10-8-23(9-11-24)13-16-6-7-17-18(12-16)26-15-25-17/h6-7,12H,8-11,13-15H2,1-5H3,(H,22,27)/p+1. The topological polar surface area (TPSA) is 38.2 Å². The third-order valence-electron chi connectivity index (χ3n) is 5.07. The summed E-state index contributed by atoms with van der Waals surface area (Å²) in [5, 5.41) is 4.49. The van der Waals surface area contributed by atoms with E-state index in [1.54, 1.807) is 4.90 Å². The van der Waals surface area contributed by atoms with E-state index in [0.717, 1.165) is 55.8 Å². The van der Waals surface area contributed by atoms with Crippen LogP contribution in [0.25, 0.3) is 0 Å². The number of quaternary nitrogens is 1. The first-order valence-electron chi connectivity index (χ1n) is 9.91. The van der Waals surface area contributed by atoms with Crippen LogP contribution in [0, 0.1) is 5.41 Å². The van der Waals surface area contributed by atoms with E-state index in [1.807, 2.05) is 6.07 Å². The fourth-order valence-electron chi connectivity index (χ4n) is 4.28. The molecule has 1 aromatic rings. The highest BCUT2D eigenvalue weighted by Crippen LogP contribution is 2.32. The van der Waals surface area contributed by atoms with Crippen molar-refractivity contribution in [3.05, 3.63) is 23.8 Å². The lowest BCUT2D eigenvalue weighted by molar-refractivity contribution is -0.917. The smallest absolute Gasteiger partial charge is 0.231 e. The molecule has 0 amide bonds. The van der Waals surface area contributed by atoms with Crippen LogP contribution in [0.4, 0.5) is 0 Å². The molecule has 2 heterocycles. The van der Waals surface area contributed by atoms with E-state index in [1.165, 1.54) is 5.56 Å².